The third kappa shape index (κ3) is 1.45. The van der Waals surface area contributed by atoms with Crippen LogP contribution in [0, 0.1) is 0 Å². The van der Waals surface area contributed by atoms with E-state index in [2.05, 4.69) is 0 Å². The van der Waals surface area contributed by atoms with Gasteiger partial charge in [-0.3, -0.25) is 0 Å². The van der Waals surface area contributed by atoms with Gasteiger partial charge in [-0.05, 0) is 19.4 Å². The van der Waals surface area contributed by atoms with Gasteiger partial charge in [-0.15, -0.1) is 11.8 Å². The van der Waals surface area contributed by atoms with Crippen LogP contribution in [0.15, 0.2) is 30.3 Å². The summed E-state index contributed by atoms with van der Waals surface area (Å²) < 4.78 is -0.425. The van der Waals surface area contributed by atoms with Gasteiger partial charge in [-0.2, -0.15) is 0 Å². The average molecular weight is 293 g/mol. The van der Waals surface area contributed by atoms with E-state index in [1.165, 1.54) is 0 Å². The van der Waals surface area contributed by atoms with Crippen LogP contribution in [0.1, 0.15) is 25.8 Å². The van der Waals surface area contributed by atoms with E-state index < -0.39 is 16.3 Å². The van der Waals surface area contributed by atoms with Crippen molar-refractivity contribution in [2.45, 2.75) is 35.9 Å². The van der Waals surface area contributed by atoms with Crippen molar-refractivity contribution in [1.29, 1.82) is 0 Å². The normalized spacial score (nSPS) is 31.8. The molecule has 1 aromatic rings. The number of rotatable bonds is 2. The molecule has 2 saturated heterocycles. The molecule has 0 radical (unpaired) electrons. The lowest BCUT2D eigenvalue weighted by Gasteiger charge is -2.48. The number of thioether (sulfide) groups is 1. The molecule has 100 valence electrons. The van der Waals surface area contributed by atoms with E-state index in [-0.39, 0.29) is 5.37 Å². The summed E-state index contributed by atoms with van der Waals surface area (Å²) in [5.41, 5.74) is -0.247. The summed E-state index contributed by atoms with van der Waals surface area (Å²) in [5.74, 6) is -0.819. The second-order valence-corrected chi connectivity index (χ2v) is 7.70. The summed E-state index contributed by atoms with van der Waals surface area (Å²) in [6.07, 6.45) is 0.811. The average Bonchev–Trinajstić information content (AvgIpc) is 2.54. The maximum absolute atomic E-state index is 12.2. The van der Waals surface area contributed by atoms with Gasteiger partial charge in [0.25, 0.3) is 0 Å². The number of benzene rings is 1. The van der Waals surface area contributed by atoms with Crippen molar-refractivity contribution in [3.05, 3.63) is 35.9 Å². The molecule has 0 aromatic heterocycles. The molecule has 2 fully saturated rings. The molecule has 0 amide bonds. The molecule has 2 heterocycles. The van der Waals surface area contributed by atoms with Gasteiger partial charge in [0.1, 0.15) is 0 Å². The number of carboxylic acids is 1. The minimum Gasteiger partial charge on any atom is -0.479 e. The minimum atomic E-state index is -1.06. The van der Waals surface area contributed by atoms with E-state index in [9.17, 15) is 9.90 Å². The number of thiocarbonyl (C=S) groups is 1. The van der Waals surface area contributed by atoms with Gasteiger partial charge in [0.05, 0.1) is 15.1 Å². The summed E-state index contributed by atoms with van der Waals surface area (Å²) in [6.45, 7) is 4.00. The van der Waals surface area contributed by atoms with E-state index in [1.807, 2.05) is 49.1 Å². The first-order valence-electron chi connectivity index (χ1n) is 6.20. The molecule has 19 heavy (non-hydrogen) atoms. The van der Waals surface area contributed by atoms with Crippen molar-refractivity contribution in [3.63, 3.8) is 0 Å². The van der Waals surface area contributed by atoms with Gasteiger partial charge in [0.15, 0.2) is 5.54 Å². The van der Waals surface area contributed by atoms with Crippen molar-refractivity contribution in [2.75, 3.05) is 0 Å². The SMILES string of the molecule is CC1(C)S[C@@H]2CC(=S)N2[C@]1(C(=O)O)c1ccccc1. The van der Waals surface area contributed by atoms with Crippen LogP contribution in [0.2, 0.25) is 0 Å². The van der Waals surface area contributed by atoms with E-state index in [1.54, 1.807) is 11.8 Å². The molecule has 0 bridgehead atoms. The van der Waals surface area contributed by atoms with Crippen LogP contribution in [0.4, 0.5) is 0 Å². The van der Waals surface area contributed by atoms with Gasteiger partial charge < -0.3 is 10.0 Å². The standard InChI is InChI=1S/C14H15NO2S2/c1-13(2)14(12(16)17,9-6-4-3-5-7-9)15-10(18)8-11(15)19-13/h3-7,11H,8H2,1-2H3,(H,16,17)/t11-,14+/m1/s1. The van der Waals surface area contributed by atoms with Crippen LogP contribution < -0.4 is 0 Å². The fourth-order valence-electron chi connectivity index (χ4n) is 3.25. The Bertz CT molecular complexity index is 558. The zero-order valence-corrected chi connectivity index (χ0v) is 12.4. The maximum atomic E-state index is 12.2. The Hall–Kier alpha value is -1.07. The number of carbonyl (C=O) groups is 1. The largest absolute Gasteiger partial charge is 0.479 e. The van der Waals surface area contributed by atoms with Gasteiger partial charge in [-0.25, -0.2) is 4.79 Å². The van der Waals surface area contributed by atoms with Crippen LogP contribution in [-0.4, -0.2) is 31.1 Å². The molecular formula is C14H15NO2S2. The van der Waals surface area contributed by atoms with Gasteiger partial charge in [-0.1, -0.05) is 42.5 Å². The summed E-state index contributed by atoms with van der Waals surface area (Å²) >= 11 is 7.05. The highest BCUT2D eigenvalue weighted by Crippen LogP contribution is 2.61. The van der Waals surface area contributed by atoms with E-state index >= 15 is 0 Å². The first kappa shape index (κ1) is 12.9. The number of aliphatic carboxylic acids is 1. The molecule has 3 nitrogen and oxygen atoms in total. The summed E-state index contributed by atoms with van der Waals surface area (Å²) in [6, 6.07) is 9.45. The van der Waals surface area contributed by atoms with Crippen LogP contribution >= 0.6 is 24.0 Å². The molecule has 2 aliphatic heterocycles. The van der Waals surface area contributed by atoms with E-state index in [4.69, 9.17) is 12.2 Å². The molecular weight excluding hydrogens is 278 g/mol. The Morgan fingerprint density at radius 2 is 2.05 bits per heavy atom. The zero-order valence-electron chi connectivity index (χ0n) is 10.8. The van der Waals surface area contributed by atoms with Crippen molar-refractivity contribution in [3.8, 4) is 0 Å². The monoisotopic (exact) mass is 293 g/mol. The Balaban J connectivity index is 2.25. The summed E-state index contributed by atoms with van der Waals surface area (Å²) in [5, 5.41) is 10.2. The van der Waals surface area contributed by atoms with Gasteiger partial charge >= 0.3 is 5.97 Å². The lowest BCUT2D eigenvalue weighted by atomic mass is 9.76. The maximum Gasteiger partial charge on any atom is 0.335 e. The number of carboxylic acid groups (broad SMARTS) is 1. The van der Waals surface area contributed by atoms with Crippen LogP contribution in [0.5, 0.6) is 0 Å². The summed E-state index contributed by atoms with van der Waals surface area (Å²) in [7, 11) is 0. The number of hydrogen-bond acceptors (Lipinski definition) is 3. The van der Waals surface area contributed by atoms with E-state index in [0.717, 1.165) is 17.0 Å². The van der Waals surface area contributed by atoms with Crippen LogP contribution in [-0.2, 0) is 10.3 Å². The smallest absolute Gasteiger partial charge is 0.335 e. The van der Waals surface area contributed by atoms with Crippen LogP contribution in [0.25, 0.3) is 0 Å². The third-order valence-corrected chi connectivity index (χ3v) is 5.97. The highest BCUT2D eigenvalue weighted by atomic mass is 32.2. The Morgan fingerprint density at radius 1 is 1.42 bits per heavy atom. The minimum absolute atomic E-state index is 0.193. The lowest BCUT2D eigenvalue weighted by Crippen LogP contribution is -2.64. The number of hydrogen-bond donors (Lipinski definition) is 1. The highest BCUT2D eigenvalue weighted by molar-refractivity contribution is 8.01. The van der Waals surface area contributed by atoms with Gasteiger partial charge in [0.2, 0.25) is 0 Å². The number of nitrogens with zero attached hydrogens (tertiary/aromatic N) is 1. The lowest BCUT2D eigenvalue weighted by molar-refractivity contribution is -0.151. The van der Waals surface area contributed by atoms with Crippen molar-refractivity contribution in [1.82, 2.24) is 4.90 Å². The van der Waals surface area contributed by atoms with Crippen molar-refractivity contribution < 1.29 is 9.90 Å². The third-order valence-electron chi connectivity index (χ3n) is 4.07. The number of fused-ring (bicyclic) bond motifs is 1. The highest BCUT2D eigenvalue weighted by Gasteiger charge is 2.68. The molecule has 0 unspecified atom stereocenters. The molecule has 0 aliphatic carbocycles. The fraction of sp³-hybridized carbons (Fsp3) is 0.429. The summed E-state index contributed by atoms with van der Waals surface area (Å²) in [4.78, 5) is 14.8. The van der Waals surface area contributed by atoms with Gasteiger partial charge in [0, 0.05) is 6.42 Å². The second kappa shape index (κ2) is 3.96. The van der Waals surface area contributed by atoms with Crippen molar-refractivity contribution >= 4 is 34.9 Å². The molecule has 2 atom stereocenters. The van der Waals surface area contributed by atoms with E-state index in [0.29, 0.717) is 0 Å². The molecule has 0 spiro atoms. The molecule has 3 rings (SSSR count). The zero-order chi connectivity index (χ0) is 13.8. The molecule has 1 N–H and O–H groups in total. The Labute approximate surface area is 122 Å². The first-order chi connectivity index (χ1) is 8.91. The quantitative estimate of drug-likeness (QED) is 0.849. The Kier molecular flexibility index (Phi) is 2.70. The molecule has 2 aliphatic rings. The molecule has 0 saturated carbocycles. The Morgan fingerprint density at radius 3 is 2.58 bits per heavy atom. The van der Waals surface area contributed by atoms with Crippen LogP contribution in [0.3, 0.4) is 0 Å². The predicted molar refractivity (Wildman–Crippen MR) is 80.3 cm³/mol. The van der Waals surface area contributed by atoms with Crippen molar-refractivity contribution in [2.24, 2.45) is 0 Å². The first-order valence-corrected chi connectivity index (χ1v) is 7.49. The topological polar surface area (TPSA) is 40.5 Å². The molecule has 5 heteroatoms. The second-order valence-electron chi connectivity index (χ2n) is 5.43. The molecule has 1 aromatic carbocycles. The predicted octanol–water partition coefficient (Wildman–Crippen LogP) is 2.85. The fourth-order valence-corrected chi connectivity index (χ4v) is 5.63.